The molecule has 0 saturated carbocycles. The number of nitrogens with zero attached hydrogens (tertiary/aromatic N) is 2. The second-order valence-corrected chi connectivity index (χ2v) is 10.0. The van der Waals surface area contributed by atoms with Gasteiger partial charge in [0.05, 0.1) is 5.56 Å². The topological polar surface area (TPSA) is 94.5 Å². The van der Waals surface area contributed by atoms with Crippen LogP contribution in [0.15, 0.2) is 0 Å². The first kappa shape index (κ1) is 24.7. The number of carbonyl (C=O) groups is 2. The molecule has 2 heterocycles. The van der Waals surface area contributed by atoms with Gasteiger partial charge in [-0.15, -0.1) is 11.3 Å². The van der Waals surface area contributed by atoms with Crippen molar-refractivity contribution in [2.24, 2.45) is 11.8 Å². The van der Waals surface area contributed by atoms with E-state index in [4.69, 9.17) is 4.74 Å². The van der Waals surface area contributed by atoms with Crippen molar-refractivity contribution < 1.29 is 14.3 Å². The molecule has 1 aliphatic heterocycles. The molecule has 3 rings (SSSR count). The summed E-state index contributed by atoms with van der Waals surface area (Å²) in [5.74, 6) is 0.794. The lowest BCUT2D eigenvalue weighted by atomic mass is 9.89. The average Bonchev–Trinajstić information content (AvgIpc) is 3.13. The van der Waals surface area contributed by atoms with Crippen LogP contribution < -0.4 is 10.6 Å². The van der Waals surface area contributed by atoms with E-state index in [1.165, 1.54) is 4.88 Å². The predicted molar refractivity (Wildman–Crippen MR) is 127 cm³/mol. The van der Waals surface area contributed by atoms with Crippen molar-refractivity contribution in [1.82, 2.24) is 10.2 Å². The minimum atomic E-state index is -0.0395. The van der Waals surface area contributed by atoms with Crippen LogP contribution >= 0.6 is 11.3 Å². The fourth-order valence-corrected chi connectivity index (χ4v) is 5.88. The maximum Gasteiger partial charge on any atom is 0.226 e. The summed E-state index contributed by atoms with van der Waals surface area (Å²) in [6.45, 7) is 8.60. The van der Waals surface area contributed by atoms with Crippen LogP contribution in [0.2, 0.25) is 0 Å². The van der Waals surface area contributed by atoms with Crippen LogP contribution in [0.1, 0.15) is 62.0 Å². The molecule has 1 fully saturated rings. The van der Waals surface area contributed by atoms with Crippen molar-refractivity contribution >= 4 is 28.2 Å². The molecule has 1 aromatic rings. The third-order valence-corrected chi connectivity index (χ3v) is 7.63. The van der Waals surface area contributed by atoms with E-state index in [0.717, 1.165) is 62.2 Å². The number of likely N-dealkylation sites (tertiary alicyclic amines) is 1. The van der Waals surface area contributed by atoms with E-state index in [1.807, 2.05) is 6.92 Å². The summed E-state index contributed by atoms with van der Waals surface area (Å²) >= 11 is 1.57. The normalized spacial score (nSPS) is 19.2. The van der Waals surface area contributed by atoms with Gasteiger partial charge in [-0.3, -0.25) is 9.59 Å². The van der Waals surface area contributed by atoms with E-state index in [2.05, 4.69) is 28.5 Å². The van der Waals surface area contributed by atoms with E-state index < -0.39 is 0 Å². The molecule has 1 aromatic heterocycles. The minimum absolute atomic E-state index is 0.0395. The first-order valence-electron chi connectivity index (χ1n) is 11.9. The van der Waals surface area contributed by atoms with Crippen molar-refractivity contribution in [2.45, 2.75) is 58.8 Å². The number of hydrogen-bond donors (Lipinski definition) is 2. The van der Waals surface area contributed by atoms with Crippen LogP contribution in [0, 0.1) is 23.2 Å². The second-order valence-electron chi connectivity index (χ2n) is 8.92. The lowest BCUT2D eigenvalue weighted by Crippen LogP contribution is -2.41. The zero-order valence-corrected chi connectivity index (χ0v) is 20.2. The lowest BCUT2D eigenvalue weighted by molar-refractivity contribution is -0.126. The molecule has 1 atom stereocenters. The Morgan fingerprint density at radius 3 is 2.78 bits per heavy atom. The molecule has 0 spiro atoms. The molecule has 1 aliphatic carbocycles. The van der Waals surface area contributed by atoms with Crippen LogP contribution in [0.5, 0.6) is 0 Å². The van der Waals surface area contributed by atoms with Gasteiger partial charge in [0.2, 0.25) is 11.8 Å². The molecule has 0 aromatic carbocycles. The van der Waals surface area contributed by atoms with Gasteiger partial charge in [0.25, 0.3) is 0 Å². The van der Waals surface area contributed by atoms with Gasteiger partial charge in [-0.2, -0.15) is 5.26 Å². The number of amides is 2. The standard InChI is InChI=1S/C24H36N4O3S/c1-3-31-14-4-10-26-23(30)18-7-11-28(12-8-18)13-9-22(29)27-24-20(16-25)19-6-5-17(2)15-21(19)32-24/h17-18H,3-15H2,1-2H3,(H,26,30)(H,27,29). The quantitative estimate of drug-likeness (QED) is 0.522. The Morgan fingerprint density at radius 2 is 2.06 bits per heavy atom. The van der Waals surface area contributed by atoms with E-state index in [9.17, 15) is 14.9 Å². The largest absolute Gasteiger partial charge is 0.382 e. The molecular formula is C24H36N4O3S. The fraction of sp³-hybridized carbons (Fsp3) is 0.708. The summed E-state index contributed by atoms with van der Waals surface area (Å²) in [5, 5.41) is 16.3. The van der Waals surface area contributed by atoms with Crippen molar-refractivity contribution in [3.05, 3.63) is 16.0 Å². The smallest absolute Gasteiger partial charge is 0.226 e. The van der Waals surface area contributed by atoms with Gasteiger partial charge < -0.3 is 20.3 Å². The summed E-state index contributed by atoms with van der Waals surface area (Å²) in [4.78, 5) is 28.4. The molecule has 2 aliphatic rings. The Bertz CT molecular complexity index is 824. The van der Waals surface area contributed by atoms with Crippen LogP contribution in [0.3, 0.4) is 0 Å². The number of fused-ring (bicyclic) bond motifs is 1. The van der Waals surface area contributed by atoms with Gasteiger partial charge in [0.15, 0.2) is 0 Å². The summed E-state index contributed by atoms with van der Waals surface area (Å²) in [7, 11) is 0. The number of thiophene rings is 1. The molecule has 0 bridgehead atoms. The minimum Gasteiger partial charge on any atom is -0.382 e. The SMILES string of the molecule is CCOCCCNC(=O)C1CCN(CCC(=O)Nc2sc3c(c2C#N)CCC(C)C3)CC1. The summed E-state index contributed by atoms with van der Waals surface area (Å²) in [6.07, 6.45) is 5.93. The maximum absolute atomic E-state index is 12.6. The first-order valence-corrected chi connectivity index (χ1v) is 12.8. The number of carbonyl (C=O) groups excluding carboxylic acids is 2. The van der Waals surface area contributed by atoms with Gasteiger partial charge in [-0.1, -0.05) is 6.92 Å². The highest BCUT2D eigenvalue weighted by Crippen LogP contribution is 2.39. The van der Waals surface area contributed by atoms with Crippen LogP contribution in [0.25, 0.3) is 0 Å². The van der Waals surface area contributed by atoms with Crippen molar-refractivity contribution in [3.63, 3.8) is 0 Å². The Labute approximate surface area is 195 Å². The summed E-state index contributed by atoms with van der Waals surface area (Å²) in [6, 6.07) is 2.31. The third kappa shape index (κ3) is 6.77. The lowest BCUT2D eigenvalue weighted by Gasteiger charge is -2.31. The van der Waals surface area contributed by atoms with Crippen molar-refractivity contribution in [1.29, 1.82) is 5.26 Å². The van der Waals surface area contributed by atoms with E-state index in [1.54, 1.807) is 11.3 Å². The van der Waals surface area contributed by atoms with Crippen LogP contribution in [-0.4, -0.2) is 56.1 Å². The Hall–Kier alpha value is -1.95. The first-order chi connectivity index (χ1) is 15.5. The van der Waals surface area contributed by atoms with E-state index >= 15 is 0 Å². The molecule has 7 nitrogen and oxygen atoms in total. The van der Waals surface area contributed by atoms with Gasteiger partial charge in [0.1, 0.15) is 11.1 Å². The second kappa shape index (κ2) is 12.3. The van der Waals surface area contributed by atoms with E-state index in [0.29, 0.717) is 44.2 Å². The number of anilines is 1. The zero-order chi connectivity index (χ0) is 22.9. The molecule has 2 N–H and O–H groups in total. The molecule has 32 heavy (non-hydrogen) atoms. The van der Waals surface area contributed by atoms with Gasteiger partial charge in [-0.05, 0) is 70.0 Å². The monoisotopic (exact) mass is 460 g/mol. The van der Waals surface area contributed by atoms with Crippen LogP contribution in [0.4, 0.5) is 5.00 Å². The zero-order valence-electron chi connectivity index (χ0n) is 19.4. The number of hydrogen-bond acceptors (Lipinski definition) is 6. The highest BCUT2D eigenvalue weighted by molar-refractivity contribution is 7.16. The Balaban J connectivity index is 1.38. The number of ether oxygens (including phenoxy) is 1. The molecular weight excluding hydrogens is 424 g/mol. The molecule has 2 amide bonds. The number of piperidine rings is 1. The molecule has 0 radical (unpaired) electrons. The molecule has 1 unspecified atom stereocenters. The number of rotatable bonds is 10. The third-order valence-electron chi connectivity index (χ3n) is 6.46. The van der Waals surface area contributed by atoms with Crippen molar-refractivity contribution in [2.75, 3.05) is 44.7 Å². The molecule has 176 valence electrons. The Kier molecular flexibility index (Phi) is 9.51. The molecule has 1 saturated heterocycles. The maximum atomic E-state index is 12.6. The number of nitriles is 1. The summed E-state index contributed by atoms with van der Waals surface area (Å²) < 4.78 is 5.29. The highest BCUT2D eigenvalue weighted by atomic mass is 32.1. The van der Waals surface area contributed by atoms with Crippen LogP contribution in [-0.2, 0) is 27.2 Å². The average molecular weight is 461 g/mol. The molecule has 8 heteroatoms. The highest BCUT2D eigenvalue weighted by Gasteiger charge is 2.26. The predicted octanol–water partition coefficient (Wildman–Crippen LogP) is 3.33. The Morgan fingerprint density at radius 1 is 1.28 bits per heavy atom. The summed E-state index contributed by atoms with van der Waals surface area (Å²) in [5.41, 5.74) is 1.81. The van der Waals surface area contributed by atoms with Gasteiger partial charge in [-0.25, -0.2) is 0 Å². The van der Waals surface area contributed by atoms with Gasteiger partial charge >= 0.3 is 0 Å². The van der Waals surface area contributed by atoms with Gasteiger partial charge in [0, 0.05) is 43.5 Å². The van der Waals surface area contributed by atoms with Crippen molar-refractivity contribution in [3.8, 4) is 6.07 Å². The van der Waals surface area contributed by atoms with E-state index in [-0.39, 0.29) is 17.7 Å². The number of nitrogens with one attached hydrogen (secondary N) is 2. The fourth-order valence-electron chi connectivity index (χ4n) is 4.50.